The number of ether oxygens (including phenoxy) is 1. The molecule has 0 amide bonds. The normalized spacial score (nSPS) is 12.3. The standard InChI is InChI=1S/C24H28N6O2/c1-16(2)30-24-20(14-27-30)22(28-23-9-4-5-10-26-23)12-21(29-24)17-7-6-8-19(11-17)32-15-18(31)13-25-3/h4-12,14,16,18,25,31H,13,15H2,1-3H3,(H,26,28,29). The van der Waals surface area contributed by atoms with E-state index in [4.69, 9.17) is 9.72 Å². The fourth-order valence-corrected chi connectivity index (χ4v) is 3.45. The zero-order valence-electron chi connectivity index (χ0n) is 18.5. The highest BCUT2D eigenvalue weighted by atomic mass is 16.5. The van der Waals surface area contributed by atoms with Crippen molar-refractivity contribution < 1.29 is 9.84 Å². The van der Waals surface area contributed by atoms with E-state index < -0.39 is 6.10 Å². The Hall–Kier alpha value is -3.49. The number of anilines is 2. The van der Waals surface area contributed by atoms with Gasteiger partial charge in [0.2, 0.25) is 0 Å². The molecule has 8 heteroatoms. The van der Waals surface area contributed by atoms with E-state index >= 15 is 0 Å². The summed E-state index contributed by atoms with van der Waals surface area (Å²) >= 11 is 0. The second kappa shape index (κ2) is 9.76. The predicted molar refractivity (Wildman–Crippen MR) is 126 cm³/mol. The number of nitrogens with zero attached hydrogens (tertiary/aromatic N) is 4. The first-order chi connectivity index (χ1) is 15.5. The van der Waals surface area contributed by atoms with E-state index in [0.29, 0.717) is 12.3 Å². The largest absolute Gasteiger partial charge is 0.491 e. The van der Waals surface area contributed by atoms with Crippen molar-refractivity contribution in [2.75, 3.05) is 25.5 Å². The van der Waals surface area contributed by atoms with Gasteiger partial charge in [-0.2, -0.15) is 5.10 Å². The quantitative estimate of drug-likeness (QED) is 0.370. The summed E-state index contributed by atoms with van der Waals surface area (Å²) in [7, 11) is 1.80. The number of hydrogen-bond acceptors (Lipinski definition) is 7. The summed E-state index contributed by atoms with van der Waals surface area (Å²) in [6, 6.07) is 15.6. The fourth-order valence-electron chi connectivity index (χ4n) is 3.45. The third-order valence-corrected chi connectivity index (χ3v) is 5.00. The summed E-state index contributed by atoms with van der Waals surface area (Å²) < 4.78 is 7.70. The number of benzene rings is 1. The molecular weight excluding hydrogens is 404 g/mol. The smallest absolute Gasteiger partial charge is 0.160 e. The van der Waals surface area contributed by atoms with Crippen LogP contribution in [0.4, 0.5) is 11.5 Å². The summed E-state index contributed by atoms with van der Waals surface area (Å²) in [5.41, 5.74) is 3.38. The lowest BCUT2D eigenvalue weighted by molar-refractivity contribution is 0.108. The van der Waals surface area contributed by atoms with Crippen LogP contribution in [0.5, 0.6) is 5.75 Å². The van der Waals surface area contributed by atoms with Gasteiger partial charge in [0.15, 0.2) is 5.65 Å². The van der Waals surface area contributed by atoms with E-state index in [9.17, 15) is 5.11 Å². The van der Waals surface area contributed by atoms with E-state index in [2.05, 4.69) is 34.6 Å². The highest BCUT2D eigenvalue weighted by molar-refractivity contribution is 5.93. The first-order valence-electron chi connectivity index (χ1n) is 10.7. The van der Waals surface area contributed by atoms with Gasteiger partial charge < -0.3 is 20.5 Å². The number of aliphatic hydroxyl groups is 1. The minimum absolute atomic E-state index is 0.168. The molecule has 0 fully saturated rings. The molecule has 32 heavy (non-hydrogen) atoms. The number of fused-ring (bicyclic) bond motifs is 1. The molecule has 1 unspecified atom stereocenters. The van der Waals surface area contributed by atoms with Crippen LogP contribution < -0.4 is 15.4 Å². The van der Waals surface area contributed by atoms with Crippen LogP contribution in [0.25, 0.3) is 22.3 Å². The Balaban J connectivity index is 1.72. The zero-order chi connectivity index (χ0) is 22.5. The van der Waals surface area contributed by atoms with Crippen LogP contribution in [0.15, 0.2) is 60.9 Å². The van der Waals surface area contributed by atoms with Crippen LogP contribution in [0.3, 0.4) is 0 Å². The molecule has 0 aliphatic rings. The number of likely N-dealkylation sites (N-methyl/N-ethyl adjacent to an activating group) is 1. The van der Waals surface area contributed by atoms with Crippen molar-refractivity contribution in [3.05, 3.63) is 60.9 Å². The van der Waals surface area contributed by atoms with Crippen molar-refractivity contribution in [1.29, 1.82) is 0 Å². The van der Waals surface area contributed by atoms with Crippen LogP contribution >= 0.6 is 0 Å². The number of rotatable bonds is 9. The second-order valence-corrected chi connectivity index (χ2v) is 7.87. The Labute approximate surface area is 187 Å². The lowest BCUT2D eigenvalue weighted by Crippen LogP contribution is -2.29. The van der Waals surface area contributed by atoms with Gasteiger partial charge in [0.1, 0.15) is 24.3 Å². The summed E-state index contributed by atoms with van der Waals surface area (Å²) in [5.74, 6) is 1.43. The Morgan fingerprint density at radius 3 is 2.75 bits per heavy atom. The minimum atomic E-state index is -0.576. The third kappa shape index (κ3) is 4.87. The molecule has 4 aromatic rings. The molecule has 4 rings (SSSR count). The second-order valence-electron chi connectivity index (χ2n) is 7.87. The Morgan fingerprint density at radius 2 is 2.00 bits per heavy atom. The lowest BCUT2D eigenvalue weighted by atomic mass is 10.1. The van der Waals surface area contributed by atoms with Crippen LogP contribution in [0, 0.1) is 0 Å². The summed E-state index contributed by atoms with van der Waals surface area (Å²) in [6.07, 6.45) is 3.01. The number of aromatic nitrogens is 4. The maximum Gasteiger partial charge on any atom is 0.160 e. The van der Waals surface area contributed by atoms with Crippen LogP contribution in [0.1, 0.15) is 19.9 Å². The van der Waals surface area contributed by atoms with Gasteiger partial charge in [-0.3, -0.25) is 0 Å². The molecule has 0 radical (unpaired) electrons. The minimum Gasteiger partial charge on any atom is -0.491 e. The van der Waals surface area contributed by atoms with Gasteiger partial charge in [-0.1, -0.05) is 18.2 Å². The SMILES string of the molecule is CNCC(O)COc1cccc(-c2cc(Nc3ccccn3)c3cnn(C(C)C)c3n2)c1. The first kappa shape index (κ1) is 21.7. The monoisotopic (exact) mass is 432 g/mol. The van der Waals surface area contributed by atoms with Crippen LogP contribution in [0.2, 0.25) is 0 Å². The van der Waals surface area contributed by atoms with Crippen LogP contribution in [-0.4, -0.2) is 51.2 Å². The maximum atomic E-state index is 9.93. The molecule has 0 saturated carbocycles. The molecule has 3 N–H and O–H groups in total. The first-order valence-corrected chi connectivity index (χ1v) is 10.7. The van der Waals surface area contributed by atoms with Crippen molar-refractivity contribution in [1.82, 2.24) is 25.1 Å². The van der Waals surface area contributed by atoms with Crippen LogP contribution in [-0.2, 0) is 0 Å². The van der Waals surface area contributed by atoms with Gasteiger partial charge in [-0.15, -0.1) is 0 Å². The highest BCUT2D eigenvalue weighted by Crippen LogP contribution is 2.32. The number of aliphatic hydroxyl groups excluding tert-OH is 1. The Bertz CT molecular complexity index is 1180. The van der Waals surface area contributed by atoms with Crippen molar-refractivity contribution in [2.45, 2.75) is 26.0 Å². The third-order valence-electron chi connectivity index (χ3n) is 5.00. The highest BCUT2D eigenvalue weighted by Gasteiger charge is 2.15. The van der Waals surface area contributed by atoms with Gasteiger partial charge in [0.25, 0.3) is 0 Å². The van der Waals surface area contributed by atoms with Gasteiger partial charge in [-0.05, 0) is 51.2 Å². The fraction of sp³-hybridized carbons (Fsp3) is 0.292. The van der Waals surface area contributed by atoms with E-state index in [1.807, 2.05) is 59.4 Å². The van der Waals surface area contributed by atoms with Gasteiger partial charge >= 0.3 is 0 Å². The number of hydrogen-bond donors (Lipinski definition) is 3. The molecule has 0 aliphatic heterocycles. The molecule has 166 valence electrons. The molecule has 0 aliphatic carbocycles. The van der Waals surface area contributed by atoms with Gasteiger partial charge in [0, 0.05) is 24.3 Å². The number of pyridine rings is 2. The molecule has 1 atom stereocenters. The van der Waals surface area contributed by atoms with Crippen molar-refractivity contribution in [3.8, 4) is 17.0 Å². The topological polar surface area (TPSA) is 97.1 Å². The Kier molecular flexibility index (Phi) is 6.63. The van der Waals surface area contributed by atoms with E-state index in [-0.39, 0.29) is 12.6 Å². The lowest BCUT2D eigenvalue weighted by Gasteiger charge is -2.14. The summed E-state index contributed by atoms with van der Waals surface area (Å²) in [4.78, 5) is 9.31. The molecule has 3 heterocycles. The summed E-state index contributed by atoms with van der Waals surface area (Å²) in [5, 5.41) is 21.7. The van der Waals surface area contributed by atoms with Crippen molar-refractivity contribution in [3.63, 3.8) is 0 Å². The van der Waals surface area contributed by atoms with E-state index in [1.165, 1.54) is 0 Å². The maximum absolute atomic E-state index is 9.93. The average Bonchev–Trinajstić information content (AvgIpc) is 3.24. The number of nitrogens with one attached hydrogen (secondary N) is 2. The van der Waals surface area contributed by atoms with Crippen molar-refractivity contribution >= 4 is 22.5 Å². The molecule has 8 nitrogen and oxygen atoms in total. The average molecular weight is 433 g/mol. The van der Waals surface area contributed by atoms with E-state index in [0.717, 1.165) is 33.8 Å². The Morgan fingerprint density at radius 1 is 1.12 bits per heavy atom. The van der Waals surface area contributed by atoms with Gasteiger partial charge in [0.05, 0.1) is 23.0 Å². The molecule has 0 spiro atoms. The zero-order valence-corrected chi connectivity index (χ0v) is 18.5. The molecule has 1 aromatic carbocycles. The summed E-state index contributed by atoms with van der Waals surface area (Å²) in [6.45, 7) is 4.85. The molecule has 3 aromatic heterocycles. The van der Waals surface area contributed by atoms with Crippen molar-refractivity contribution in [2.24, 2.45) is 0 Å². The molecule has 0 saturated heterocycles. The predicted octanol–water partition coefficient (Wildman–Crippen LogP) is 3.78. The molecule has 0 bridgehead atoms. The van der Waals surface area contributed by atoms with E-state index in [1.54, 1.807) is 13.2 Å². The molecular formula is C24H28N6O2. The van der Waals surface area contributed by atoms with Gasteiger partial charge in [-0.25, -0.2) is 14.6 Å².